The standard InChI is InChI=1S/C17H27FN2/c1-4-19-17(15-9-5-6-10-16(15)18)13(2)12-20-11-7-8-14(20)3/h5-6,9-10,13-14,17,19H,4,7-8,11-12H2,1-3H3. The Morgan fingerprint density at radius 2 is 2.15 bits per heavy atom. The quantitative estimate of drug-likeness (QED) is 0.855. The van der Waals surface area contributed by atoms with Gasteiger partial charge in [-0.05, 0) is 44.8 Å². The van der Waals surface area contributed by atoms with Gasteiger partial charge in [0.15, 0.2) is 0 Å². The molecule has 3 unspecified atom stereocenters. The molecule has 1 N–H and O–H groups in total. The summed E-state index contributed by atoms with van der Waals surface area (Å²) in [5.41, 5.74) is 0.800. The van der Waals surface area contributed by atoms with Crippen LogP contribution in [0.1, 0.15) is 45.2 Å². The van der Waals surface area contributed by atoms with E-state index in [1.807, 2.05) is 12.1 Å². The third kappa shape index (κ3) is 3.58. The Morgan fingerprint density at radius 1 is 1.40 bits per heavy atom. The van der Waals surface area contributed by atoms with Crippen molar-refractivity contribution in [3.8, 4) is 0 Å². The molecular weight excluding hydrogens is 251 g/mol. The third-order valence-electron chi connectivity index (χ3n) is 4.45. The van der Waals surface area contributed by atoms with E-state index in [0.717, 1.165) is 18.7 Å². The van der Waals surface area contributed by atoms with Crippen LogP contribution >= 0.6 is 0 Å². The molecule has 0 aromatic heterocycles. The van der Waals surface area contributed by atoms with E-state index in [1.54, 1.807) is 12.1 Å². The minimum absolute atomic E-state index is 0.0917. The zero-order valence-corrected chi connectivity index (χ0v) is 12.9. The summed E-state index contributed by atoms with van der Waals surface area (Å²) in [4.78, 5) is 2.54. The van der Waals surface area contributed by atoms with Crippen LogP contribution in [0.2, 0.25) is 0 Å². The Morgan fingerprint density at radius 3 is 2.75 bits per heavy atom. The predicted molar refractivity (Wildman–Crippen MR) is 82.3 cm³/mol. The second-order valence-electron chi connectivity index (χ2n) is 6.02. The fourth-order valence-electron chi connectivity index (χ4n) is 3.30. The molecule has 1 fully saturated rings. The maximum absolute atomic E-state index is 14.1. The highest BCUT2D eigenvalue weighted by atomic mass is 19.1. The summed E-state index contributed by atoms with van der Waals surface area (Å²) in [6.45, 7) is 9.68. The van der Waals surface area contributed by atoms with E-state index in [1.165, 1.54) is 19.4 Å². The SMILES string of the molecule is CCNC(c1ccccc1F)C(C)CN1CCCC1C. The molecule has 0 spiro atoms. The van der Waals surface area contributed by atoms with Gasteiger partial charge >= 0.3 is 0 Å². The van der Waals surface area contributed by atoms with Gasteiger partial charge in [-0.2, -0.15) is 0 Å². The molecule has 0 aliphatic carbocycles. The lowest BCUT2D eigenvalue weighted by Crippen LogP contribution is -2.37. The second-order valence-corrected chi connectivity index (χ2v) is 6.02. The lowest BCUT2D eigenvalue weighted by molar-refractivity contribution is 0.205. The Hall–Kier alpha value is -0.930. The zero-order valence-electron chi connectivity index (χ0n) is 12.9. The van der Waals surface area contributed by atoms with E-state index in [4.69, 9.17) is 0 Å². The van der Waals surface area contributed by atoms with Gasteiger partial charge in [0.1, 0.15) is 5.82 Å². The smallest absolute Gasteiger partial charge is 0.127 e. The monoisotopic (exact) mass is 278 g/mol. The van der Waals surface area contributed by atoms with Crippen LogP contribution < -0.4 is 5.32 Å². The molecule has 112 valence electrons. The number of likely N-dealkylation sites (tertiary alicyclic amines) is 1. The Labute approximate surface area is 122 Å². The van der Waals surface area contributed by atoms with Crippen LogP contribution in [-0.4, -0.2) is 30.6 Å². The first-order chi connectivity index (χ1) is 9.63. The first-order valence-corrected chi connectivity index (χ1v) is 7.85. The first-order valence-electron chi connectivity index (χ1n) is 7.85. The van der Waals surface area contributed by atoms with Gasteiger partial charge in [-0.25, -0.2) is 4.39 Å². The van der Waals surface area contributed by atoms with Crippen molar-refractivity contribution in [1.82, 2.24) is 10.2 Å². The van der Waals surface area contributed by atoms with Crippen molar-refractivity contribution < 1.29 is 4.39 Å². The van der Waals surface area contributed by atoms with Crippen molar-refractivity contribution in [2.45, 2.75) is 45.7 Å². The molecule has 1 aromatic rings. The number of nitrogens with zero attached hydrogens (tertiary/aromatic N) is 1. The maximum Gasteiger partial charge on any atom is 0.127 e. The van der Waals surface area contributed by atoms with Crippen molar-refractivity contribution in [1.29, 1.82) is 0 Å². The Balaban J connectivity index is 2.09. The normalized spacial score (nSPS) is 22.9. The predicted octanol–water partition coefficient (Wildman–Crippen LogP) is 3.60. The Kier molecular flexibility index (Phi) is 5.55. The van der Waals surface area contributed by atoms with Gasteiger partial charge in [-0.3, -0.25) is 0 Å². The molecule has 0 radical (unpaired) electrons. The molecule has 20 heavy (non-hydrogen) atoms. The molecule has 0 amide bonds. The number of nitrogens with one attached hydrogen (secondary N) is 1. The third-order valence-corrected chi connectivity index (χ3v) is 4.45. The maximum atomic E-state index is 14.1. The fraction of sp³-hybridized carbons (Fsp3) is 0.647. The van der Waals surface area contributed by atoms with Gasteiger partial charge in [-0.1, -0.05) is 32.0 Å². The second kappa shape index (κ2) is 7.19. The number of halogens is 1. The van der Waals surface area contributed by atoms with E-state index in [9.17, 15) is 4.39 Å². The van der Waals surface area contributed by atoms with Gasteiger partial charge in [0.05, 0.1) is 0 Å². The highest BCUT2D eigenvalue weighted by Gasteiger charge is 2.27. The molecule has 2 nitrogen and oxygen atoms in total. The molecule has 1 saturated heterocycles. The molecule has 1 aliphatic rings. The van der Waals surface area contributed by atoms with Crippen molar-refractivity contribution >= 4 is 0 Å². The first kappa shape index (κ1) is 15.5. The average Bonchev–Trinajstić information content (AvgIpc) is 2.82. The molecule has 1 heterocycles. The van der Waals surface area contributed by atoms with Gasteiger partial charge in [0.2, 0.25) is 0 Å². The van der Waals surface area contributed by atoms with E-state index < -0.39 is 0 Å². The van der Waals surface area contributed by atoms with Crippen molar-refractivity contribution in [2.75, 3.05) is 19.6 Å². The van der Waals surface area contributed by atoms with Gasteiger partial charge < -0.3 is 10.2 Å². The van der Waals surface area contributed by atoms with Crippen LogP contribution in [0.15, 0.2) is 24.3 Å². The summed E-state index contributed by atoms with van der Waals surface area (Å²) >= 11 is 0. The van der Waals surface area contributed by atoms with Crippen molar-refractivity contribution in [3.05, 3.63) is 35.6 Å². The molecule has 1 aliphatic heterocycles. The van der Waals surface area contributed by atoms with Crippen LogP contribution in [0, 0.1) is 11.7 Å². The van der Waals surface area contributed by atoms with E-state index in [0.29, 0.717) is 12.0 Å². The summed E-state index contributed by atoms with van der Waals surface area (Å²) in [6.07, 6.45) is 2.58. The number of hydrogen-bond donors (Lipinski definition) is 1. The number of benzene rings is 1. The lowest BCUT2D eigenvalue weighted by atomic mass is 9.93. The van der Waals surface area contributed by atoms with Crippen molar-refractivity contribution in [3.63, 3.8) is 0 Å². The summed E-state index contributed by atoms with van der Waals surface area (Å²) in [5.74, 6) is 0.298. The van der Waals surface area contributed by atoms with Gasteiger partial charge in [0.25, 0.3) is 0 Å². The Bertz CT molecular complexity index is 421. The van der Waals surface area contributed by atoms with E-state index in [-0.39, 0.29) is 11.9 Å². The van der Waals surface area contributed by atoms with Crippen LogP contribution in [0.4, 0.5) is 4.39 Å². The molecule has 2 rings (SSSR count). The van der Waals surface area contributed by atoms with Crippen LogP contribution in [0.5, 0.6) is 0 Å². The molecular formula is C17H27FN2. The van der Waals surface area contributed by atoms with Crippen LogP contribution in [-0.2, 0) is 0 Å². The summed E-state index contributed by atoms with van der Waals surface area (Å²) in [6, 6.07) is 7.91. The molecule has 3 atom stereocenters. The van der Waals surface area contributed by atoms with E-state index in [2.05, 4.69) is 31.0 Å². The average molecular weight is 278 g/mol. The van der Waals surface area contributed by atoms with Crippen LogP contribution in [0.25, 0.3) is 0 Å². The minimum atomic E-state index is -0.0974. The number of rotatable bonds is 6. The van der Waals surface area contributed by atoms with E-state index >= 15 is 0 Å². The highest BCUT2D eigenvalue weighted by Crippen LogP contribution is 2.27. The summed E-state index contributed by atoms with van der Waals surface area (Å²) < 4.78 is 14.1. The molecule has 1 aromatic carbocycles. The lowest BCUT2D eigenvalue weighted by Gasteiger charge is -2.31. The minimum Gasteiger partial charge on any atom is -0.310 e. The largest absolute Gasteiger partial charge is 0.310 e. The number of hydrogen-bond acceptors (Lipinski definition) is 2. The van der Waals surface area contributed by atoms with Crippen molar-refractivity contribution in [2.24, 2.45) is 5.92 Å². The molecule has 3 heteroatoms. The molecule has 0 saturated carbocycles. The molecule has 0 bridgehead atoms. The fourth-order valence-corrected chi connectivity index (χ4v) is 3.30. The van der Waals surface area contributed by atoms with Gasteiger partial charge in [0, 0.05) is 24.2 Å². The highest BCUT2D eigenvalue weighted by molar-refractivity contribution is 5.22. The van der Waals surface area contributed by atoms with Gasteiger partial charge in [-0.15, -0.1) is 0 Å². The zero-order chi connectivity index (χ0) is 14.5. The topological polar surface area (TPSA) is 15.3 Å². The van der Waals surface area contributed by atoms with Crippen LogP contribution in [0.3, 0.4) is 0 Å². The summed E-state index contributed by atoms with van der Waals surface area (Å²) in [5, 5.41) is 3.46. The summed E-state index contributed by atoms with van der Waals surface area (Å²) in [7, 11) is 0.